The maximum absolute atomic E-state index is 10.8. The first kappa shape index (κ1) is 8.16. The van der Waals surface area contributed by atoms with E-state index in [1.54, 1.807) is 0 Å². The largest absolute Gasteiger partial charge is 0.785 e. The van der Waals surface area contributed by atoms with Gasteiger partial charge in [0.05, 0.1) is 0 Å². The van der Waals surface area contributed by atoms with Gasteiger partial charge in [0.2, 0.25) is 0 Å². The SMILES string of the molecule is O=C(O)C1CN([O-])CCC1=O. The second-order valence-corrected chi connectivity index (χ2v) is 2.50. The Balaban J connectivity index is 2.61. The summed E-state index contributed by atoms with van der Waals surface area (Å²) < 4.78 is 0. The Morgan fingerprint density at radius 2 is 2.36 bits per heavy atom. The van der Waals surface area contributed by atoms with Gasteiger partial charge in [0.1, 0.15) is 11.7 Å². The number of piperidine rings is 1. The summed E-state index contributed by atoms with van der Waals surface area (Å²) in [7, 11) is 0. The Morgan fingerprint density at radius 3 is 2.82 bits per heavy atom. The highest BCUT2D eigenvalue weighted by Gasteiger charge is 2.29. The Hall–Kier alpha value is -0.940. The lowest BCUT2D eigenvalue weighted by Crippen LogP contribution is -2.41. The van der Waals surface area contributed by atoms with Crippen LogP contribution >= 0.6 is 0 Å². The number of rotatable bonds is 1. The fraction of sp³-hybridized carbons (Fsp3) is 0.667. The van der Waals surface area contributed by atoms with Gasteiger partial charge in [-0.25, -0.2) is 0 Å². The van der Waals surface area contributed by atoms with Crippen LogP contribution in [0.25, 0.3) is 0 Å². The molecular weight excluding hydrogens is 150 g/mol. The summed E-state index contributed by atoms with van der Waals surface area (Å²) in [5.41, 5.74) is 0. The molecule has 1 heterocycles. The third kappa shape index (κ3) is 1.75. The summed E-state index contributed by atoms with van der Waals surface area (Å²) in [6.45, 7) is -0.0726. The lowest BCUT2D eigenvalue weighted by atomic mass is 9.98. The van der Waals surface area contributed by atoms with Gasteiger partial charge in [-0.1, -0.05) is 0 Å². The zero-order chi connectivity index (χ0) is 8.43. The lowest BCUT2D eigenvalue weighted by molar-refractivity contribution is -0.148. The molecule has 0 aromatic heterocycles. The van der Waals surface area contributed by atoms with Crippen LogP contribution in [-0.2, 0) is 9.59 Å². The molecule has 1 aliphatic heterocycles. The number of hydrogen-bond acceptors (Lipinski definition) is 4. The molecule has 0 radical (unpaired) electrons. The number of carboxylic acids is 1. The first-order valence-corrected chi connectivity index (χ1v) is 3.29. The van der Waals surface area contributed by atoms with E-state index in [4.69, 9.17) is 5.11 Å². The van der Waals surface area contributed by atoms with Crippen molar-refractivity contribution in [2.45, 2.75) is 6.42 Å². The fourth-order valence-electron chi connectivity index (χ4n) is 1.02. The number of hydroxylamine groups is 2. The average Bonchev–Trinajstić information content (AvgIpc) is 1.94. The van der Waals surface area contributed by atoms with E-state index in [1.807, 2.05) is 0 Å². The molecule has 1 rings (SSSR count). The molecule has 0 spiro atoms. The maximum Gasteiger partial charge on any atom is 0.315 e. The number of ketones is 1. The summed E-state index contributed by atoms with van der Waals surface area (Å²) in [5.74, 6) is -2.65. The molecule has 1 N–H and O–H groups in total. The maximum atomic E-state index is 10.8. The third-order valence-corrected chi connectivity index (χ3v) is 1.68. The zero-order valence-electron chi connectivity index (χ0n) is 5.82. The van der Waals surface area contributed by atoms with Crippen LogP contribution in [0.5, 0.6) is 0 Å². The first-order chi connectivity index (χ1) is 5.11. The molecule has 62 valence electrons. The molecule has 0 saturated carbocycles. The van der Waals surface area contributed by atoms with E-state index < -0.39 is 11.9 Å². The number of nitrogens with zero attached hydrogens (tertiary/aromatic N) is 1. The highest BCUT2D eigenvalue weighted by atomic mass is 16.5. The van der Waals surface area contributed by atoms with Crippen LogP contribution in [0.15, 0.2) is 0 Å². The summed E-state index contributed by atoms with van der Waals surface area (Å²) in [5, 5.41) is 19.7. The van der Waals surface area contributed by atoms with Gasteiger partial charge in [-0.3, -0.25) is 9.59 Å². The van der Waals surface area contributed by atoms with E-state index in [-0.39, 0.29) is 25.3 Å². The third-order valence-electron chi connectivity index (χ3n) is 1.68. The van der Waals surface area contributed by atoms with Crippen LogP contribution in [0.3, 0.4) is 0 Å². The van der Waals surface area contributed by atoms with E-state index in [1.165, 1.54) is 0 Å². The molecule has 0 aromatic carbocycles. The predicted octanol–water partition coefficient (Wildman–Crippen LogP) is -0.540. The van der Waals surface area contributed by atoms with Crippen LogP contribution in [-0.4, -0.2) is 35.0 Å². The van der Waals surface area contributed by atoms with Gasteiger partial charge in [0.15, 0.2) is 0 Å². The van der Waals surface area contributed by atoms with Gasteiger partial charge in [-0.05, 0) is 6.54 Å². The van der Waals surface area contributed by atoms with E-state index >= 15 is 0 Å². The number of carboxylic acid groups (broad SMARTS) is 1. The summed E-state index contributed by atoms with van der Waals surface area (Å²) in [6, 6.07) is 0. The summed E-state index contributed by atoms with van der Waals surface area (Å²) in [4.78, 5) is 21.2. The number of hydrogen-bond donors (Lipinski definition) is 1. The molecule has 0 amide bonds. The van der Waals surface area contributed by atoms with Crippen molar-refractivity contribution in [3.8, 4) is 0 Å². The number of carbonyl (C=O) groups is 2. The molecule has 1 fully saturated rings. The Kier molecular flexibility index (Phi) is 2.21. The molecule has 1 aliphatic rings. The van der Waals surface area contributed by atoms with Crippen LogP contribution in [0.4, 0.5) is 0 Å². The van der Waals surface area contributed by atoms with E-state index in [0.29, 0.717) is 5.06 Å². The highest BCUT2D eigenvalue weighted by molar-refractivity contribution is 5.99. The molecule has 5 nitrogen and oxygen atoms in total. The smallest absolute Gasteiger partial charge is 0.315 e. The van der Waals surface area contributed by atoms with E-state index in [9.17, 15) is 14.8 Å². The Labute approximate surface area is 63.2 Å². The number of carbonyl (C=O) groups excluding carboxylic acids is 1. The molecule has 0 bridgehead atoms. The minimum Gasteiger partial charge on any atom is -0.785 e. The van der Waals surface area contributed by atoms with Crippen molar-refractivity contribution in [2.75, 3.05) is 13.1 Å². The average molecular weight is 158 g/mol. The molecule has 11 heavy (non-hydrogen) atoms. The standard InChI is InChI=1S/C6H8NO4/c8-5-1-2-7(11)3-4(5)6(9)10/h4H,1-3H2,(H,9,10)/q-1. The van der Waals surface area contributed by atoms with Crippen molar-refractivity contribution in [3.63, 3.8) is 0 Å². The molecule has 0 aromatic rings. The van der Waals surface area contributed by atoms with Crippen LogP contribution in [0.1, 0.15) is 6.42 Å². The Bertz CT molecular complexity index is 191. The van der Waals surface area contributed by atoms with E-state index in [0.717, 1.165) is 0 Å². The highest BCUT2D eigenvalue weighted by Crippen LogP contribution is 2.11. The van der Waals surface area contributed by atoms with Crippen molar-refractivity contribution in [2.24, 2.45) is 5.92 Å². The Morgan fingerprint density at radius 1 is 1.73 bits per heavy atom. The van der Waals surface area contributed by atoms with Crippen molar-refractivity contribution in [1.29, 1.82) is 0 Å². The van der Waals surface area contributed by atoms with Crippen molar-refractivity contribution >= 4 is 11.8 Å². The fourth-order valence-corrected chi connectivity index (χ4v) is 1.02. The minimum absolute atomic E-state index is 0.0560. The van der Waals surface area contributed by atoms with Crippen molar-refractivity contribution < 1.29 is 14.7 Å². The van der Waals surface area contributed by atoms with Gasteiger partial charge in [-0.2, -0.15) is 0 Å². The second kappa shape index (κ2) is 2.98. The van der Waals surface area contributed by atoms with Gasteiger partial charge >= 0.3 is 5.97 Å². The molecule has 1 saturated heterocycles. The number of aliphatic carboxylic acids is 1. The minimum atomic E-state index is -1.20. The van der Waals surface area contributed by atoms with Gasteiger partial charge in [-0.15, -0.1) is 0 Å². The summed E-state index contributed by atoms with van der Waals surface area (Å²) >= 11 is 0. The summed E-state index contributed by atoms with van der Waals surface area (Å²) in [6.07, 6.45) is 0.0560. The normalized spacial score (nSPS) is 27.0. The van der Waals surface area contributed by atoms with Gasteiger partial charge in [0.25, 0.3) is 0 Å². The van der Waals surface area contributed by atoms with Crippen LogP contribution in [0.2, 0.25) is 0 Å². The predicted molar refractivity (Wildman–Crippen MR) is 35.7 cm³/mol. The number of Topliss-reactive ketones (excluding diaryl/α,β-unsaturated/α-hetero) is 1. The monoisotopic (exact) mass is 158 g/mol. The van der Waals surface area contributed by atoms with Gasteiger partial charge < -0.3 is 15.4 Å². The second-order valence-electron chi connectivity index (χ2n) is 2.50. The van der Waals surface area contributed by atoms with Gasteiger partial charge in [0, 0.05) is 13.0 Å². The lowest BCUT2D eigenvalue weighted by Gasteiger charge is -2.34. The molecule has 1 unspecified atom stereocenters. The topological polar surface area (TPSA) is 80.7 Å². The zero-order valence-corrected chi connectivity index (χ0v) is 5.82. The quantitative estimate of drug-likeness (QED) is 0.518. The first-order valence-electron chi connectivity index (χ1n) is 3.29. The molecule has 5 heteroatoms. The van der Waals surface area contributed by atoms with Crippen LogP contribution < -0.4 is 0 Å². The van der Waals surface area contributed by atoms with Crippen molar-refractivity contribution in [3.05, 3.63) is 5.21 Å². The molecule has 1 atom stereocenters. The van der Waals surface area contributed by atoms with Crippen molar-refractivity contribution in [1.82, 2.24) is 5.06 Å². The molecular formula is C6H8NO4-. The van der Waals surface area contributed by atoms with E-state index in [2.05, 4.69) is 0 Å². The van der Waals surface area contributed by atoms with Crippen LogP contribution in [0, 0.1) is 11.1 Å². The molecule has 0 aliphatic carbocycles.